The molecule has 152 valence electrons. The first-order chi connectivity index (χ1) is 13.6. The van der Waals surface area contributed by atoms with E-state index in [-0.39, 0.29) is 5.82 Å². The average molecular weight is 403 g/mol. The second kappa shape index (κ2) is 8.89. The monoisotopic (exact) mass is 402 g/mol. The molecule has 6 heteroatoms. The number of piperazine rings is 1. The van der Waals surface area contributed by atoms with E-state index in [4.69, 9.17) is 4.98 Å². The summed E-state index contributed by atoms with van der Waals surface area (Å²) in [5, 5.41) is 3.47. The Bertz CT molecular complexity index is 752. The smallest absolute Gasteiger partial charge is 0.123 e. The molecule has 1 aromatic carbocycles. The summed E-state index contributed by atoms with van der Waals surface area (Å²) in [5.74, 6) is 0.349. The summed E-state index contributed by atoms with van der Waals surface area (Å²) in [5.41, 5.74) is 2.36. The number of likely N-dealkylation sites (tertiary alicyclic amines) is 1. The van der Waals surface area contributed by atoms with E-state index in [0.29, 0.717) is 12.0 Å². The quantitative estimate of drug-likeness (QED) is 0.748. The summed E-state index contributed by atoms with van der Waals surface area (Å²) >= 11 is 1.81. The number of benzene rings is 1. The first-order valence-corrected chi connectivity index (χ1v) is 11.4. The summed E-state index contributed by atoms with van der Waals surface area (Å²) < 4.78 is 13.2. The van der Waals surface area contributed by atoms with Crippen molar-refractivity contribution in [1.29, 1.82) is 0 Å². The minimum absolute atomic E-state index is 0.162. The van der Waals surface area contributed by atoms with Crippen LogP contribution < -0.4 is 4.90 Å². The van der Waals surface area contributed by atoms with Crippen molar-refractivity contribution in [2.45, 2.75) is 45.2 Å². The number of anilines is 1. The maximum Gasteiger partial charge on any atom is 0.123 e. The zero-order valence-electron chi connectivity index (χ0n) is 17.0. The number of nitrogens with zero attached hydrogens (tertiary/aromatic N) is 4. The third-order valence-corrected chi connectivity index (χ3v) is 6.87. The van der Waals surface area contributed by atoms with Gasteiger partial charge in [-0.1, -0.05) is 13.8 Å². The van der Waals surface area contributed by atoms with Gasteiger partial charge < -0.3 is 4.90 Å². The molecule has 0 unspecified atom stereocenters. The van der Waals surface area contributed by atoms with E-state index in [2.05, 4.69) is 33.9 Å². The van der Waals surface area contributed by atoms with Crippen LogP contribution in [0, 0.1) is 5.82 Å². The first kappa shape index (κ1) is 19.8. The zero-order chi connectivity index (χ0) is 19.5. The van der Waals surface area contributed by atoms with Crippen LogP contribution in [0.25, 0.3) is 0 Å². The predicted octanol–water partition coefficient (Wildman–Crippen LogP) is 4.19. The standard InChI is InChI=1S/C22H31FN4S/c1-17(2)21-16-28-22(24-21)15-25-9-3-4-20(14-25)27-12-10-26(11-13-27)19-7-5-18(23)6-8-19/h5-8,16-17,20H,3-4,9-15H2,1-2H3/t20-/m0/s1. The number of rotatable bonds is 5. The highest BCUT2D eigenvalue weighted by atomic mass is 32.1. The van der Waals surface area contributed by atoms with Gasteiger partial charge in [-0.15, -0.1) is 11.3 Å². The summed E-state index contributed by atoms with van der Waals surface area (Å²) in [7, 11) is 0. The maximum atomic E-state index is 13.2. The lowest BCUT2D eigenvalue weighted by Gasteiger charge is -2.43. The van der Waals surface area contributed by atoms with Crippen LogP contribution in [0.1, 0.15) is 43.3 Å². The lowest BCUT2D eigenvalue weighted by Crippen LogP contribution is -2.55. The van der Waals surface area contributed by atoms with E-state index >= 15 is 0 Å². The molecular formula is C22H31FN4S. The van der Waals surface area contributed by atoms with Crippen LogP contribution >= 0.6 is 11.3 Å². The van der Waals surface area contributed by atoms with Crippen molar-refractivity contribution in [3.63, 3.8) is 0 Å². The second-order valence-corrected chi connectivity index (χ2v) is 9.29. The molecule has 28 heavy (non-hydrogen) atoms. The van der Waals surface area contributed by atoms with Gasteiger partial charge in [-0.05, 0) is 49.6 Å². The highest BCUT2D eigenvalue weighted by Gasteiger charge is 2.28. The van der Waals surface area contributed by atoms with Crippen molar-refractivity contribution in [3.05, 3.63) is 46.2 Å². The van der Waals surface area contributed by atoms with Crippen LogP contribution in [-0.2, 0) is 6.54 Å². The molecule has 2 aliphatic heterocycles. The summed E-state index contributed by atoms with van der Waals surface area (Å²) in [6.07, 6.45) is 2.56. The zero-order valence-corrected chi connectivity index (χ0v) is 17.8. The van der Waals surface area contributed by atoms with Crippen molar-refractivity contribution in [2.24, 2.45) is 0 Å². The second-order valence-electron chi connectivity index (χ2n) is 8.35. The van der Waals surface area contributed by atoms with E-state index in [9.17, 15) is 4.39 Å². The topological polar surface area (TPSA) is 22.6 Å². The molecule has 2 aromatic rings. The van der Waals surface area contributed by atoms with Crippen molar-refractivity contribution < 1.29 is 4.39 Å². The van der Waals surface area contributed by atoms with Gasteiger partial charge in [-0.3, -0.25) is 9.80 Å². The molecule has 4 rings (SSSR count). The largest absolute Gasteiger partial charge is 0.369 e. The average Bonchev–Trinajstić information content (AvgIpc) is 3.18. The summed E-state index contributed by atoms with van der Waals surface area (Å²) in [6, 6.07) is 7.56. The Balaban J connectivity index is 1.29. The third kappa shape index (κ3) is 4.73. The molecule has 0 N–H and O–H groups in total. The molecule has 0 bridgehead atoms. The number of aromatic nitrogens is 1. The SMILES string of the molecule is CC(C)c1csc(CN2CCC[C@H](N3CCN(c4ccc(F)cc4)CC3)C2)n1. The van der Waals surface area contributed by atoms with Gasteiger partial charge in [-0.25, -0.2) is 9.37 Å². The molecule has 3 heterocycles. The fraction of sp³-hybridized carbons (Fsp3) is 0.591. The molecule has 2 fully saturated rings. The normalized spacial score (nSPS) is 22.1. The molecule has 0 amide bonds. The van der Waals surface area contributed by atoms with Crippen LogP contribution in [0.3, 0.4) is 0 Å². The van der Waals surface area contributed by atoms with E-state index in [0.717, 1.165) is 45.0 Å². The Hall–Kier alpha value is -1.50. The van der Waals surface area contributed by atoms with Crippen LogP contribution in [0.5, 0.6) is 0 Å². The van der Waals surface area contributed by atoms with Gasteiger partial charge in [0.25, 0.3) is 0 Å². The number of hydrogen-bond acceptors (Lipinski definition) is 5. The van der Waals surface area contributed by atoms with Crippen LogP contribution in [-0.4, -0.2) is 60.1 Å². The Morgan fingerprint density at radius 2 is 1.86 bits per heavy atom. The molecule has 0 spiro atoms. The number of thiazole rings is 1. The first-order valence-electron chi connectivity index (χ1n) is 10.5. The Morgan fingerprint density at radius 3 is 2.54 bits per heavy atom. The van der Waals surface area contributed by atoms with E-state index < -0.39 is 0 Å². The highest BCUT2D eigenvalue weighted by Crippen LogP contribution is 2.24. The molecular weight excluding hydrogens is 371 g/mol. The van der Waals surface area contributed by atoms with Gasteiger partial charge in [0, 0.05) is 49.8 Å². The van der Waals surface area contributed by atoms with E-state index in [1.54, 1.807) is 12.1 Å². The molecule has 1 aromatic heterocycles. The van der Waals surface area contributed by atoms with Gasteiger partial charge in [0.1, 0.15) is 10.8 Å². The maximum absolute atomic E-state index is 13.2. The Kier molecular flexibility index (Phi) is 6.28. The van der Waals surface area contributed by atoms with E-state index in [1.165, 1.54) is 30.1 Å². The number of halogens is 1. The van der Waals surface area contributed by atoms with Gasteiger partial charge >= 0.3 is 0 Å². The van der Waals surface area contributed by atoms with Gasteiger partial charge in [-0.2, -0.15) is 0 Å². The van der Waals surface area contributed by atoms with Crippen LogP contribution in [0.15, 0.2) is 29.6 Å². The third-order valence-electron chi connectivity index (χ3n) is 6.02. The van der Waals surface area contributed by atoms with Gasteiger partial charge in [0.05, 0.1) is 12.2 Å². The lowest BCUT2D eigenvalue weighted by atomic mass is 10.0. The predicted molar refractivity (Wildman–Crippen MR) is 115 cm³/mol. The van der Waals surface area contributed by atoms with Gasteiger partial charge in [0.2, 0.25) is 0 Å². The Labute approximate surface area is 172 Å². The number of hydrogen-bond donors (Lipinski definition) is 0. The molecule has 2 aliphatic rings. The minimum atomic E-state index is -0.162. The molecule has 4 nitrogen and oxygen atoms in total. The van der Waals surface area contributed by atoms with Crippen molar-refractivity contribution in [1.82, 2.24) is 14.8 Å². The molecule has 2 saturated heterocycles. The molecule has 0 aliphatic carbocycles. The van der Waals surface area contributed by atoms with Gasteiger partial charge in [0.15, 0.2) is 0 Å². The lowest BCUT2D eigenvalue weighted by molar-refractivity contribution is 0.0887. The van der Waals surface area contributed by atoms with Crippen molar-refractivity contribution >= 4 is 17.0 Å². The molecule has 0 radical (unpaired) electrons. The highest BCUT2D eigenvalue weighted by molar-refractivity contribution is 7.09. The van der Waals surface area contributed by atoms with E-state index in [1.807, 2.05) is 23.5 Å². The Morgan fingerprint density at radius 1 is 1.11 bits per heavy atom. The number of piperidine rings is 1. The summed E-state index contributed by atoms with van der Waals surface area (Å²) in [4.78, 5) is 12.4. The van der Waals surface area contributed by atoms with Crippen molar-refractivity contribution in [2.75, 3.05) is 44.2 Å². The minimum Gasteiger partial charge on any atom is -0.369 e. The summed E-state index contributed by atoms with van der Waals surface area (Å²) in [6.45, 7) is 12.0. The van der Waals surface area contributed by atoms with Crippen LogP contribution in [0.4, 0.5) is 10.1 Å². The molecule has 0 saturated carbocycles. The van der Waals surface area contributed by atoms with Crippen molar-refractivity contribution in [3.8, 4) is 0 Å². The van der Waals surface area contributed by atoms with Crippen LogP contribution in [0.2, 0.25) is 0 Å². The molecule has 1 atom stereocenters. The fourth-order valence-electron chi connectivity index (χ4n) is 4.32. The fourth-order valence-corrected chi connectivity index (χ4v) is 5.32.